The molecule has 0 aromatic heterocycles. The van der Waals surface area contributed by atoms with Gasteiger partial charge in [0.2, 0.25) is 6.29 Å². The fourth-order valence-electron chi connectivity index (χ4n) is 2.68. The van der Waals surface area contributed by atoms with Crippen LogP contribution in [0.15, 0.2) is 24.3 Å². The zero-order chi connectivity index (χ0) is 20.0. The fraction of sp³-hybridized carbons (Fsp3) is 0.500. The van der Waals surface area contributed by atoms with Gasteiger partial charge in [0.25, 0.3) is 0 Å². The smallest absolute Gasteiger partial charge is 0.339 e. The zero-order valence-corrected chi connectivity index (χ0v) is 15.2. The summed E-state index contributed by atoms with van der Waals surface area (Å²) in [5.41, 5.74) is 0.701. The minimum absolute atomic E-state index is 0.0345. The summed E-state index contributed by atoms with van der Waals surface area (Å²) in [7, 11) is 1.16. The molecule has 2 rings (SSSR count). The van der Waals surface area contributed by atoms with Crippen molar-refractivity contribution >= 4 is 17.9 Å². The largest absolute Gasteiger partial charge is 0.467 e. The van der Waals surface area contributed by atoms with Crippen molar-refractivity contribution in [3.05, 3.63) is 29.8 Å². The van der Waals surface area contributed by atoms with E-state index in [1.807, 2.05) is 0 Å². The molecule has 1 heterocycles. The summed E-state index contributed by atoms with van der Waals surface area (Å²) in [6.45, 7) is 2.27. The third-order valence-corrected chi connectivity index (χ3v) is 3.81. The van der Waals surface area contributed by atoms with Gasteiger partial charge in [-0.3, -0.25) is 9.59 Å². The van der Waals surface area contributed by atoms with Gasteiger partial charge in [0, 0.05) is 13.8 Å². The van der Waals surface area contributed by atoms with Crippen molar-refractivity contribution in [3.8, 4) is 5.75 Å². The number of carbonyl (C=O) groups excluding carboxylic acids is 3. The van der Waals surface area contributed by atoms with E-state index < -0.39 is 42.5 Å². The number of hydrogen-bond donors (Lipinski definition) is 1. The van der Waals surface area contributed by atoms with Crippen LogP contribution in [0.3, 0.4) is 0 Å². The molecular weight excluding hydrogens is 360 g/mol. The van der Waals surface area contributed by atoms with Crippen molar-refractivity contribution in [1.29, 1.82) is 0 Å². The molecule has 1 N–H and O–H groups in total. The number of esters is 3. The molecule has 0 aliphatic carbocycles. The van der Waals surface area contributed by atoms with Crippen LogP contribution in [-0.2, 0) is 39.9 Å². The molecule has 0 radical (unpaired) electrons. The highest BCUT2D eigenvalue weighted by Gasteiger charge is 2.48. The maximum atomic E-state index is 12.1. The molecule has 9 nitrogen and oxygen atoms in total. The van der Waals surface area contributed by atoms with E-state index in [4.69, 9.17) is 28.8 Å². The molecule has 9 heteroatoms. The van der Waals surface area contributed by atoms with Gasteiger partial charge >= 0.3 is 17.9 Å². The van der Waals surface area contributed by atoms with Gasteiger partial charge in [0.1, 0.15) is 11.9 Å². The molecule has 1 saturated heterocycles. The summed E-state index contributed by atoms with van der Waals surface area (Å²) in [5, 5.41) is 9.09. The normalized spacial score (nSPS) is 24.6. The van der Waals surface area contributed by atoms with Crippen LogP contribution >= 0.6 is 0 Å². The number of rotatable bonds is 6. The molecular formula is C18H22O9. The number of hydrogen-bond acceptors (Lipinski definition) is 9. The molecule has 1 aromatic carbocycles. The molecule has 148 valence electrons. The Balaban J connectivity index is 2.22. The summed E-state index contributed by atoms with van der Waals surface area (Å²) >= 11 is 0. The van der Waals surface area contributed by atoms with E-state index in [-0.39, 0.29) is 13.0 Å². The third-order valence-electron chi connectivity index (χ3n) is 3.81. The van der Waals surface area contributed by atoms with Crippen molar-refractivity contribution in [3.63, 3.8) is 0 Å². The number of aliphatic hydroxyl groups is 1. The Morgan fingerprint density at radius 2 is 1.74 bits per heavy atom. The predicted molar refractivity (Wildman–Crippen MR) is 89.4 cm³/mol. The van der Waals surface area contributed by atoms with Gasteiger partial charge in [-0.1, -0.05) is 12.1 Å². The number of ether oxygens (including phenoxy) is 5. The minimum Gasteiger partial charge on any atom is -0.467 e. The molecule has 0 unspecified atom stereocenters. The van der Waals surface area contributed by atoms with Crippen LogP contribution in [-0.4, -0.2) is 54.7 Å². The average Bonchev–Trinajstić information content (AvgIpc) is 2.62. The number of aliphatic hydroxyl groups excluding tert-OH is 1. The van der Waals surface area contributed by atoms with E-state index in [1.54, 1.807) is 24.3 Å². The molecule has 1 aromatic rings. The minimum atomic E-state index is -1.32. The van der Waals surface area contributed by atoms with Gasteiger partial charge < -0.3 is 28.8 Å². The Hall–Kier alpha value is -2.65. The quantitative estimate of drug-likeness (QED) is 0.560. The number of benzene rings is 1. The van der Waals surface area contributed by atoms with E-state index >= 15 is 0 Å². The second-order valence-corrected chi connectivity index (χ2v) is 5.89. The lowest BCUT2D eigenvalue weighted by Gasteiger charge is -2.38. The lowest BCUT2D eigenvalue weighted by atomic mass is 10.0. The van der Waals surface area contributed by atoms with E-state index in [1.165, 1.54) is 13.8 Å². The highest BCUT2D eigenvalue weighted by atomic mass is 16.7. The molecule has 1 fully saturated rings. The molecule has 0 amide bonds. The Bertz CT molecular complexity index is 670. The van der Waals surface area contributed by atoms with Crippen molar-refractivity contribution in [2.75, 3.05) is 7.11 Å². The third kappa shape index (κ3) is 5.66. The van der Waals surface area contributed by atoms with Gasteiger partial charge in [0.15, 0.2) is 12.2 Å². The standard InChI is InChI=1S/C18H22O9/c1-10(20)24-14-8-15(26-13-6-4-12(9-19)5-7-13)27-17(18(22)23-3)16(14)25-11(2)21/h4-7,14-17,19H,8-9H2,1-3H3/t14-,15-,16+,17+/m1/s1. The van der Waals surface area contributed by atoms with Gasteiger partial charge in [-0.05, 0) is 17.7 Å². The molecule has 4 atom stereocenters. The van der Waals surface area contributed by atoms with Crippen LogP contribution in [0, 0.1) is 0 Å². The summed E-state index contributed by atoms with van der Waals surface area (Å²) < 4.78 is 26.4. The van der Waals surface area contributed by atoms with Crippen LogP contribution in [0.2, 0.25) is 0 Å². The molecule has 1 aliphatic rings. The lowest BCUT2D eigenvalue weighted by Crippen LogP contribution is -2.56. The topological polar surface area (TPSA) is 118 Å². The Kier molecular flexibility index (Phi) is 7.14. The van der Waals surface area contributed by atoms with E-state index in [2.05, 4.69) is 0 Å². The van der Waals surface area contributed by atoms with Crippen LogP contribution in [0.1, 0.15) is 25.8 Å². The van der Waals surface area contributed by atoms with E-state index in [0.717, 1.165) is 7.11 Å². The maximum Gasteiger partial charge on any atom is 0.339 e. The Morgan fingerprint density at radius 1 is 1.11 bits per heavy atom. The Labute approximate surface area is 156 Å². The first-order valence-electron chi connectivity index (χ1n) is 8.28. The van der Waals surface area contributed by atoms with Crippen LogP contribution < -0.4 is 4.74 Å². The van der Waals surface area contributed by atoms with Crippen LogP contribution in [0.25, 0.3) is 0 Å². The summed E-state index contributed by atoms with van der Waals surface area (Å²) in [6, 6.07) is 6.59. The molecule has 1 aliphatic heterocycles. The van der Waals surface area contributed by atoms with E-state index in [0.29, 0.717) is 11.3 Å². The van der Waals surface area contributed by atoms with Gasteiger partial charge in [-0.25, -0.2) is 4.79 Å². The first-order valence-corrected chi connectivity index (χ1v) is 8.28. The van der Waals surface area contributed by atoms with Gasteiger partial charge in [-0.2, -0.15) is 0 Å². The first-order chi connectivity index (χ1) is 12.8. The Morgan fingerprint density at radius 3 is 2.26 bits per heavy atom. The highest BCUT2D eigenvalue weighted by Crippen LogP contribution is 2.28. The molecule has 0 spiro atoms. The van der Waals surface area contributed by atoms with Crippen LogP contribution in [0.4, 0.5) is 0 Å². The summed E-state index contributed by atoms with van der Waals surface area (Å²) in [4.78, 5) is 35.0. The monoisotopic (exact) mass is 382 g/mol. The zero-order valence-electron chi connectivity index (χ0n) is 15.2. The van der Waals surface area contributed by atoms with Gasteiger partial charge in [-0.15, -0.1) is 0 Å². The van der Waals surface area contributed by atoms with E-state index in [9.17, 15) is 14.4 Å². The van der Waals surface area contributed by atoms with Crippen molar-refractivity contribution in [2.24, 2.45) is 0 Å². The molecule has 0 saturated carbocycles. The molecule has 0 bridgehead atoms. The highest BCUT2D eigenvalue weighted by molar-refractivity contribution is 5.77. The average molecular weight is 382 g/mol. The maximum absolute atomic E-state index is 12.1. The number of carbonyl (C=O) groups is 3. The molecule has 27 heavy (non-hydrogen) atoms. The lowest BCUT2D eigenvalue weighted by molar-refractivity contribution is -0.241. The second kappa shape index (κ2) is 9.33. The summed E-state index contributed by atoms with van der Waals surface area (Å²) in [5.74, 6) is -1.63. The van der Waals surface area contributed by atoms with Crippen LogP contribution in [0.5, 0.6) is 5.75 Å². The predicted octanol–water partition coefficient (Wildman–Crippen LogP) is 0.709. The first kappa shape index (κ1) is 20.7. The SMILES string of the molecule is COC(=O)[C@H]1O[C@@H](Oc2ccc(CO)cc2)C[C@@H](OC(C)=O)[C@@H]1OC(C)=O. The fourth-order valence-corrected chi connectivity index (χ4v) is 2.68. The second-order valence-electron chi connectivity index (χ2n) is 5.89. The van der Waals surface area contributed by atoms with Crippen molar-refractivity contribution in [2.45, 2.75) is 51.5 Å². The number of methoxy groups -OCH3 is 1. The summed E-state index contributed by atoms with van der Waals surface area (Å²) in [6.07, 6.45) is -4.35. The van der Waals surface area contributed by atoms with Crippen molar-refractivity contribution in [1.82, 2.24) is 0 Å². The van der Waals surface area contributed by atoms with Gasteiger partial charge in [0.05, 0.1) is 20.1 Å². The van der Waals surface area contributed by atoms with Crippen molar-refractivity contribution < 1.29 is 43.2 Å².